The van der Waals surface area contributed by atoms with Gasteiger partial charge in [-0.05, 0) is 72.5 Å². The van der Waals surface area contributed by atoms with Crippen molar-refractivity contribution in [1.29, 1.82) is 0 Å². The van der Waals surface area contributed by atoms with Crippen LogP contribution < -0.4 is 5.32 Å². The van der Waals surface area contributed by atoms with Gasteiger partial charge in [-0.1, -0.05) is 27.7 Å². The topological polar surface area (TPSA) is 12.0 Å². The van der Waals surface area contributed by atoms with Gasteiger partial charge in [-0.25, -0.2) is 0 Å². The van der Waals surface area contributed by atoms with Gasteiger partial charge in [0.2, 0.25) is 0 Å². The lowest BCUT2D eigenvalue weighted by Crippen LogP contribution is -2.27. The van der Waals surface area contributed by atoms with Crippen LogP contribution in [0.2, 0.25) is 0 Å². The van der Waals surface area contributed by atoms with Crippen molar-refractivity contribution in [2.75, 3.05) is 13.1 Å². The maximum atomic E-state index is 3.62. The normalized spacial score (nSPS) is 13.4. The van der Waals surface area contributed by atoms with Gasteiger partial charge in [0.05, 0.1) is 0 Å². The standard InChI is InChI=1S/C16H29NS/c1-13(2)9-16(11-17-10-14(3)4)6-5-15-7-8-18-12-15/h7-8,12-14,16-17H,5-6,9-11H2,1-4H3. The van der Waals surface area contributed by atoms with Crippen molar-refractivity contribution >= 4 is 11.3 Å². The number of hydrogen-bond donors (Lipinski definition) is 1. The van der Waals surface area contributed by atoms with Crippen molar-refractivity contribution < 1.29 is 0 Å². The number of thiophene rings is 1. The van der Waals surface area contributed by atoms with E-state index >= 15 is 0 Å². The molecular formula is C16H29NS. The maximum Gasteiger partial charge on any atom is -0.00202 e. The third-order valence-electron chi connectivity index (χ3n) is 3.21. The van der Waals surface area contributed by atoms with E-state index in [1.165, 1.54) is 31.4 Å². The molecule has 1 aromatic heterocycles. The minimum absolute atomic E-state index is 0.751. The average molecular weight is 267 g/mol. The summed E-state index contributed by atoms with van der Waals surface area (Å²) in [6.07, 6.45) is 3.90. The first-order valence-corrected chi connectivity index (χ1v) is 8.24. The van der Waals surface area contributed by atoms with Crippen molar-refractivity contribution in [3.05, 3.63) is 22.4 Å². The molecule has 1 unspecified atom stereocenters. The SMILES string of the molecule is CC(C)CNCC(CCc1ccsc1)CC(C)C. The minimum Gasteiger partial charge on any atom is -0.316 e. The van der Waals surface area contributed by atoms with E-state index in [-0.39, 0.29) is 0 Å². The van der Waals surface area contributed by atoms with Crippen LogP contribution in [-0.2, 0) is 6.42 Å². The summed E-state index contributed by atoms with van der Waals surface area (Å²) < 4.78 is 0. The Kier molecular flexibility index (Phi) is 7.60. The lowest BCUT2D eigenvalue weighted by Gasteiger charge is -2.20. The van der Waals surface area contributed by atoms with Crippen molar-refractivity contribution in [1.82, 2.24) is 5.32 Å². The van der Waals surface area contributed by atoms with Crippen LogP contribution in [0.3, 0.4) is 0 Å². The van der Waals surface area contributed by atoms with E-state index in [2.05, 4.69) is 49.8 Å². The monoisotopic (exact) mass is 267 g/mol. The quantitative estimate of drug-likeness (QED) is 0.690. The summed E-state index contributed by atoms with van der Waals surface area (Å²) >= 11 is 1.81. The van der Waals surface area contributed by atoms with E-state index in [1.807, 2.05) is 11.3 Å². The van der Waals surface area contributed by atoms with Crippen LogP contribution in [0.4, 0.5) is 0 Å². The first-order chi connectivity index (χ1) is 8.58. The first-order valence-electron chi connectivity index (χ1n) is 7.29. The maximum absolute atomic E-state index is 3.62. The van der Waals surface area contributed by atoms with E-state index in [9.17, 15) is 0 Å². The van der Waals surface area contributed by atoms with Gasteiger partial charge < -0.3 is 5.32 Å². The molecule has 1 N–H and O–H groups in total. The summed E-state index contributed by atoms with van der Waals surface area (Å²) in [7, 11) is 0. The van der Waals surface area contributed by atoms with Crippen LogP contribution in [0.5, 0.6) is 0 Å². The Hall–Kier alpha value is -0.340. The summed E-state index contributed by atoms with van der Waals surface area (Å²) in [5.74, 6) is 2.38. The molecule has 0 spiro atoms. The van der Waals surface area contributed by atoms with Crippen LogP contribution in [0.15, 0.2) is 16.8 Å². The van der Waals surface area contributed by atoms with Crippen LogP contribution >= 0.6 is 11.3 Å². The number of rotatable bonds is 9. The van der Waals surface area contributed by atoms with Gasteiger partial charge in [-0.15, -0.1) is 0 Å². The zero-order chi connectivity index (χ0) is 13.4. The summed E-state index contributed by atoms with van der Waals surface area (Å²) in [4.78, 5) is 0. The van der Waals surface area contributed by atoms with Gasteiger partial charge in [0.15, 0.2) is 0 Å². The lowest BCUT2D eigenvalue weighted by atomic mass is 9.91. The van der Waals surface area contributed by atoms with Crippen LogP contribution in [0, 0.1) is 17.8 Å². The van der Waals surface area contributed by atoms with Crippen LogP contribution in [0.25, 0.3) is 0 Å². The minimum atomic E-state index is 0.751. The fraction of sp³-hybridized carbons (Fsp3) is 0.750. The molecule has 104 valence electrons. The molecule has 1 aromatic rings. The Labute approximate surface area is 117 Å². The molecule has 0 bridgehead atoms. The third-order valence-corrected chi connectivity index (χ3v) is 3.94. The van der Waals surface area contributed by atoms with E-state index in [4.69, 9.17) is 0 Å². The molecule has 1 atom stereocenters. The highest BCUT2D eigenvalue weighted by atomic mass is 32.1. The van der Waals surface area contributed by atoms with Crippen molar-refractivity contribution in [2.45, 2.75) is 47.0 Å². The van der Waals surface area contributed by atoms with Gasteiger partial charge in [0, 0.05) is 0 Å². The fourth-order valence-corrected chi connectivity index (χ4v) is 3.05. The molecule has 0 radical (unpaired) electrons. The molecule has 0 aliphatic carbocycles. The van der Waals surface area contributed by atoms with E-state index in [0.29, 0.717) is 0 Å². The Bertz CT molecular complexity index is 290. The second kappa shape index (κ2) is 8.71. The molecule has 18 heavy (non-hydrogen) atoms. The lowest BCUT2D eigenvalue weighted by molar-refractivity contribution is 0.359. The summed E-state index contributed by atoms with van der Waals surface area (Å²) in [6, 6.07) is 2.26. The molecule has 1 heterocycles. The van der Waals surface area contributed by atoms with Crippen molar-refractivity contribution in [3.63, 3.8) is 0 Å². The molecule has 0 aliphatic heterocycles. The molecule has 0 saturated carbocycles. The number of nitrogens with one attached hydrogen (secondary N) is 1. The predicted octanol–water partition coefficient (Wildman–Crippen LogP) is 4.59. The Morgan fingerprint density at radius 1 is 1.11 bits per heavy atom. The highest BCUT2D eigenvalue weighted by Crippen LogP contribution is 2.18. The molecule has 2 heteroatoms. The van der Waals surface area contributed by atoms with Gasteiger partial charge in [-0.2, -0.15) is 11.3 Å². The van der Waals surface area contributed by atoms with E-state index in [1.54, 1.807) is 0 Å². The molecule has 0 aliphatic rings. The first kappa shape index (κ1) is 15.7. The highest BCUT2D eigenvalue weighted by molar-refractivity contribution is 7.07. The Balaban J connectivity index is 2.30. The largest absolute Gasteiger partial charge is 0.316 e. The summed E-state index contributed by atoms with van der Waals surface area (Å²) in [6.45, 7) is 11.5. The summed E-state index contributed by atoms with van der Waals surface area (Å²) in [5, 5.41) is 8.09. The van der Waals surface area contributed by atoms with Gasteiger partial charge in [0.1, 0.15) is 0 Å². The molecule has 0 amide bonds. The van der Waals surface area contributed by atoms with Gasteiger partial charge in [-0.3, -0.25) is 0 Å². The van der Waals surface area contributed by atoms with Crippen molar-refractivity contribution in [2.24, 2.45) is 17.8 Å². The van der Waals surface area contributed by atoms with Gasteiger partial charge >= 0.3 is 0 Å². The fourth-order valence-electron chi connectivity index (χ4n) is 2.35. The van der Waals surface area contributed by atoms with Crippen molar-refractivity contribution in [3.8, 4) is 0 Å². The molecule has 0 fully saturated rings. The Morgan fingerprint density at radius 3 is 2.44 bits per heavy atom. The predicted molar refractivity (Wildman–Crippen MR) is 83.3 cm³/mol. The molecular weight excluding hydrogens is 238 g/mol. The summed E-state index contributed by atoms with van der Waals surface area (Å²) in [5.41, 5.74) is 1.51. The number of hydrogen-bond acceptors (Lipinski definition) is 2. The zero-order valence-corrected chi connectivity index (χ0v) is 13.2. The van der Waals surface area contributed by atoms with E-state index < -0.39 is 0 Å². The zero-order valence-electron chi connectivity index (χ0n) is 12.4. The molecule has 0 saturated heterocycles. The molecule has 1 nitrogen and oxygen atoms in total. The molecule has 1 rings (SSSR count). The second-order valence-corrected chi connectivity index (χ2v) is 7.00. The third kappa shape index (κ3) is 7.17. The smallest absolute Gasteiger partial charge is 0.00202 e. The molecule has 0 aromatic carbocycles. The van der Waals surface area contributed by atoms with Gasteiger partial charge in [0.25, 0.3) is 0 Å². The van der Waals surface area contributed by atoms with Crippen LogP contribution in [0.1, 0.15) is 46.1 Å². The second-order valence-electron chi connectivity index (χ2n) is 6.22. The average Bonchev–Trinajstić information content (AvgIpc) is 2.77. The highest BCUT2D eigenvalue weighted by Gasteiger charge is 2.11. The number of aryl methyl sites for hydroxylation is 1. The Morgan fingerprint density at radius 2 is 1.89 bits per heavy atom. The van der Waals surface area contributed by atoms with E-state index in [0.717, 1.165) is 24.3 Å². The van der Waals surface area contributed by atoms with Crippen LogP contribution in [-0.4, -0.2) is 13.1 Å².